The van der Waals surface area contributed by atoms with Gasteiger partial charge in [0.05, 0.1) is 11.6 Å². The van der Waals surface area contributed by atoms with E-state index < -0.39 is 0 Å². The maximum Gasteiger partial charge on any atom is 0.226 e. The molecule has 5 heteroatoms. The van der Waals surface area contributed by atoms with Crippen LogP contribution in [0.5, 0.6) is 0 Å². The van der Waals surface area contributed by atoms with Crippen molar-refractivity contribution in [1.82, 2.24) is 9.80 Å². The summed E-state index contributed by atoms with van der Waals surface area (Å²) in [5.74, 6) is 0.373. The predicted octanol–water partition coefficient (Wildman–Crippen LogP) is 3.19. The van der Waals surface area contributed by atoms with Crippen LogP contribution in [0.15, 0.2) is 24.3 Å². The van der Waals surface area contributed by atoms with Crippen molar-refractivity contribution in [3.63, 3.8) is 0 Å². The van der Waals surface area contributed by atoms with Gasteiger partial charge in [-0.2, -0.15) is 5.26 Å². The van der Waals surface area contributed by atoms with Crippen molar-refractivity contribution in [2.24, 2.45) is 11.8 Å². The molecule has 1 saturated heterocycles. The smallest absolute Gasteiger partial charge is 0.226 e. The zero-order chi connectivity index (χ0) is 19.1. The van der Waals surface area contributed by atoms with Crippen molar-refractivity contribution < 1.29 is 9.59 Å². The third-order valence-electron chi connectivity index (χ3n) is 4.91. The number of hydrogen-bond donors (Lipinski definition) is 0. The summed E-state index contributed by atoms with van der Waals surface area (Å²) < 4.78 is 0. The van der Waals surface area contributed by atoms with Crippen LogP contribution in [0, 0.1) is 23.2 Å². The normalized spacial score (nSPS) is 15.0. The fourth-order valence-electron chi connectivity index (χ4n) is 3.41. The van der Waals surface area contributed by atoms with Gasteiger partial charge in [-0.25, -0.2) is 0 Å². The summed E-state index contributed by atoms with van der Waals surface area (Å²) in [6.45, 7) is 8.55. The Morgan fingerprint density at radius 3 is 2.35 bits per heavy atom. The maximum absolute atomic E-state index is 13.0. The number of carbonyl (C=O) groups is 2. The summed E-state index contributed by atoms with van der Waals surface area (Å²) in [6, 6.07) is 9.53. The Kier molecular flexibility index (Phi) is 7.20. The van der Waals surface area contributed by atoms with E-state index in [1.807, 2.05) is 35.8 Å². The molecular formula is C21H29N3O2. The topological polar surface area (TPSA) is 64.4 Å². The Balaban J connectivity index is 1.97. The van der Waals surface area contributed by atoms with Crippen LogP contribution in [0.4, 0.5) is 0 Å². The molecule has 1 fully saturated rings. The Morgan fingerprint density at radius 1 is 1.23 bits per heavy atom. The molecule has 0 radical (unpaired) electrons. The van der Waals surface area contributed by atoms with Crippen LogP contribution in [0.1, 0.15) is 51.2 Å². The number of carbonyl (C=O) groups excluding carboxylic acids is 2. The molecule has 0 N–H and O–H groups in total. The minimum atomic E-state index is -0.00357. The molecule has 140 valence electrons. The second-order valence-corrected chi connectivity index (χ2v) is 7.32. The lowest BCUT2D eigenvalue weighted by Gasteiger charge is -2.35. The molecule has 1 aromatic rings. The molecule has 0 saturated carbocycles. The summed E-state index contributed by atoms with van der Waals surface area (Å²) in [7, 11) is 0. The fourth-order valence-corrected chi connectivity index (χ4v) is 3.41. The monoisotopic (exact) mass is 355 g/mol. The molecule has 2 rings (SSSR count). The zero-order valence-corrected chi connectivity index (χ0v) is 16.1. The molecule has 0 unspecified atom stereocenters. The number of nitriles is 1. The van der Waals surface area contributed by atoms with Crippen molar-refractivity contribution in [2.75, 3.05) is 19.6 Å². The number of hydrogen-bond acceptors (Lipinski definition) is 3. The van der Waals surface area contributed by atoms with Gasteiger partial charge in [-0.3, -0.25) is 9.59 Å². The molecule has 1 aromatic carbocycles. The molecule has 5 nitrogen and oxygen atoms in total. The van der Waals surface area contributed by atoms with E-state index in [1.165, 1.54) is 0 Å². The lowest BCUT2D eigenvalue weighted by molar-refractivity contribution is -0.142. The molecule has 0 atom stereocenters. The van der Waals surface area contributed by atoms with Crippen LogP contribution in [-0.4, -0.2) is 41.2 Å². The van der Waals surface area contributed by atoms with E-state index in [0.29, 0.717) is 25.2 Å². The Bertz CT molecular complexity index is 653. The molecule has 1 aliphatic heterocycles. The maximum atomic E-state index is 13.0. The Morgan fingerprint density at radius 2 is 1.85 bits per heavy atom. The minimum absolute atomic E-state index is 0.00357. The van der Waals surface area contributed by atoms with E-state index in [2.05, 4.69) is 13.0 Å². The van der Waals surface area contributed by atoms with E-state index in [9.17, 15) is 9.59 Å². The standard InChI is InChI=1S/C21H29N3O2/c1-4-11-24(15-18-7-5-17(14-22)6-8-18)21(26)19-9-12-23(13-10-19)20(25)16(2)3/h5-8,16,19H,4,9-13,15H2,1-3H3. The van der Waals surface area contributed by atoms with Crippen LogP contribution in [0.3, 0.4) is 0 Å². The van der Waals surface area contributed by atoms with Crippen LogP contribution < -0.4 is 0 Å². The van der Waals surface area contributed by atoms with Gasteiger partial charge in [-0.15, -0.1) is 0 Å². The van der Waals surface area contributed by atoms with Crippen molar-refractivity contribution in [3.05, 3.63) is 35.4 Å². The van der Waals surface area contributed by atoms with Gasteiger partial charge in [0.1, 0.15) is 0 Å². The SMILES string of the molecule is CCCN(Cc1ccc(C#N)cc1)C(=O)C1CCN(C(=O)C(C)C)CC1. The second-order valence-electron chi connectivity index (χ2n) is 7.32. The number of likely N-dealkylation sites (tertiary alicyclic amines) is 1. The highest BCUT2D eigenvalue weighted by molar-refractivity contribution is 5.81. The zero-order valence-electron chi connectivity index (χ0n) is 16.1. The third-order valence-corrected chi connectivity index (χ3v) is 4.91. The van der Waals surface area contributed by atoms with Gasteiger partial charge in [0, 0.05) is 38.0 Å². The fraction of sp³-hybridized carbons (Fsp3) is 0.571. The molecule has 0 aromatic heterocycles. The van der Waals surface area contributed by atoms with Gasteiger partial charge < -0.3 is 9.80 Å². The van der Waals surface area contributed by atoms with E-state index >= 15 is 0 Å². The van der Waals surface area contributed by atoms with Gasteiger partial charge in [0.15, 0.2) is 0 Å². The molecular weight excluding hydrogens is 326 g/mol. The average molecular weight is 355 g/mol. The van der Waals surface area contributed by atoms with Crippen LogP contribution >= 0.6 is 0 Å². The van der Waals surface area contributed by atoms with Gasteiger partial charge in [-0.05, 0) is 37.0 Å². The molecule has 1 heterocycles. The Hall–Kier alpha value is -2.35. The van der Waals surface area contributed by atoms with Gasteiger partial charge in [0.2, 0.25) is 11.8 Å². The lowest BCUT2D eigenvalue weighted by Crippen LogP contribution is -2.45. The first-order valence-corrected chi connectivity index (χ1v) is 9.52. The number of nitrogens with zero attached hydrogens (tertiary/aromatic N) is 3. The highest BCUT2D eigenvalue weighted by atomic mass is 16.2. The number of amides is 2. The Labute approximate surface area is 156 Å². The largest absolute Gasteiger partial charge is 0.342 e. The van der Waals surface area contributed by atoms with Gasteiger partial charge in [0.25, 0.3) is 0 Å². The van der Waals surface area contributed by atoms with E-state index in [1.54, 1.807) is 12.1 Å². The number of piperidine rings is 1. The molecule has 26 heavy (non-hydrogen) atoms. The average Bonchev–Trinajstić information content (AvgIpc) is 2.67. The van der Waals surface area contributed by atoms with Gasteiger partial charge >= 0.3 is 0 Å². The quantitative estimate of drug-likeness (QED) is 0.787. The first-order valence-electron chi connectivity index (χ1n) is 9.52. The summed E-state index contributed by atoms with van der Waals surface area (Å²) in [4.78, 5) is 28.9. The van der Waals surface area contributed by atoms with Crippen LogP contribution in [0.25, 0.3) is 0 Å². The van der Waals surface area contributed by atoms with Crippen LogP contribution in [0.2, 0.25) is 0 Å². The minimum Gasteiger partial charge on any atom is -0.342 e. The second kappa shape index (κ2) is 9.38. The van der Waals surface area contributed by atoms with Crippen molar-refractivity contribution in [3.8, 4) is 6.07 Å². The first kappa shape index (κ1) is 20.0. The highest BCUT2D eigenvalue weighted by Gasteiger charge is 2.30. The molecule has 1 aliphatic rings. The van der Waals surface area contributed by atoms with E-state index in [0.717, 1.165) is 31.4 Å². The van der Waals surface area contributed by atoms with Crippen molar-refractivity contribution in [1.29, 1.82) is 5.26 Å². The third kappa shape index (κ3) is 5.08. The van der Waals surface area contributed by atoms with Gasteiger partial charge in [-0.1, -0.05) is 32.9 Å². The predicted molar refractivity (Wildman–Crippen MR) is 101 cm³/mol. The van der Waals surface area contributed by atoms with Crippen molar-refractivity contribution in [2.45, 2.75) is 46.6 Å². The summed E-state index contributed by atoms with van der Waals surface area (Å²) >= 11 is 0. The molecule has 2 amide bonds. The lowest BCUT2D eigenvalue weighted by atomic mass is 9.94. The van der Waals surface area contributed by atoms with Crippen LogP contribution in [-0.2, 0) is 16.1 Å². The van der Waals surface area contributed by atoms with E-state index in [4.69, 9.17) is 5.26 Å². The number of rotatable bonds is 6. The van der Waals surface area contributed by atoms with Crippen molar-refractivity contribution >= 4 is 11.8 Å². The summed E-state index contributed by atoms with van der Waals surface area (Å²) in [6.07, 6.45) is 2.39. The molecule has 0 aliphatic carbocycles. The molecule has 0 bridgehead atoms. The number of benzene rings is 1. The van der Waals surface area contributed by atoms with E-state index in [-0.39, 0.29) is 23.7 Å². The summed E-state index contributed by atoms with van der Waals surface area (Å²) in [5, 5.41) is 8.91. The summed E-state index contributed by atoms with van der Waals surface area (Å²) in [5.41, 5.74) is 1.67. The first-order chi connectivity index (χ1) is 12.5. The highest BCUT2D eigenvalue weighted by Crippen LogP contribution is 2.22. The molecule has 0 spiro atoms.